The molecule has 1 aromatic rings. The molecule has 0 unspecified atom stereocenters. The lowest BCUT2D eigenvalue weighted by Crippen LogP contribution is -2.53. The Morgan fingerprint density at radius 1 is 0.933 bits per heavy atom. The van der Waals surface area contributed by atoms with Crippen LogP contribution >= 0.6 is 0 Å². The Morgan fingerprint density at radius 3 is 1.73 bits per heavy atom. The van der Waals surface area contributed by atoms with E-state index in [1.54, 1.807) is 0 Å². The number of nitriles is 1. The Labute approximate surface area is 168 Å². The number of carbonyl (C=O) groups is 1. The predicted molar refractivity (Wildman–Crippen MR) is 91.2 cm³/mol. The number of carbonyl (C=O) groups excluding carboxylic acids is 1. The number of hydrogen-bond donors (Lipinski definition) is 0. The lowest BCUT2D eigenvalue weighted by Gasteiger charge is -2.36. The van der Waals surface area contributed by atoms with E-state index in [-0.39, 0.29) is 44.4 Å². The van der Waals surface area contributed by atoms with Crippen molar-refractivity contribution in [2.45, 2.75) is 31.1 Å². The number of halogens is 6. The van der Waals surface area contributed by atoms with Gasteiger partial charge in [0.2, 0.25) is 15.9 Å². The number of benzene rings is 1. The Bertz CT molecular complexity index is 940. The third-order valence-electron chi connectivity index (χ3n) is 4.54. The van der Waals surface area contributed by atoms with Gasteiger partial charge in [0.1, 0.15) is 5.41 Å². The van der Waals surface area contributed by atoms with E-state index in [2.05, 4.69) is 0 Å². The first-order valence-corrected chi connectivity index (χ1v) is 9.94. The summed E-state index contributed by atoms with van der Waals surface area (Å²) in [6.45, 7) is 1.75. The van der Waals surface area contributed by atoms with Crippen LogP contribution in [0.3, 0.4) is 0 Å². The fourth-order valence-electron chi connectivity index (χ4n) is 2.80. The molecule has 1 saturated heterocycles. The lowest BCUT2D eigenvalue weighted by molar-refractivity contribution is -0.143. The monoisotopic (exact) mass is 457 g/mol. The molecule has 166 valence electrons. The van der Waals surface area contributed by atoms with Crippen LogP contribution in [0.25, 0.3) is 0 Å². The van der Waals surface area contributed by atoms with E-state index >= 15 is 0 Å². The number of sulfonamides is 1. The summed E-state index contributed by atoms with van der Waals surface area (Å²) in [7, 11) is -4.69. The molecule has 1 amide bonds. The SMILES string of the molecule is CC(C)(C#N)C(=O)N1CCN(S(=O)(=O)c2cc(C(F)(F)F)cc(C(F)(F)F)c2)CC1. The van der Waals surface area contributed by atoms with Gasteiger partial charge in [0.15, 0.2) is 0 Å². The second-order valence-corrected chi connectivity index (χ2v) is 9.11. The minimum atomic E-state index is -5.18. The highest BCUT2D eigenvalue weighted by Crippen LogP contribution is 2.38. The molecule has 0 bridgehead atoms. The first-order chi connectivity index (χ1) is 13.5. The summed E-state index contributed by atoms with van der Waals surface area (Å²) in [6, 6.07) is 1.96. The number of hydrogen-bond acceptors (Lipinski definition) is 4. The summed E-state index contributed by atoms with van der Waals surface area (Å²) in [5.41, 5.74) is -4.83. The largest absolute Gasteiger partial charge is 0.416 e. The topological polar surface area (TPSA) is 81.5 Å². The average Bonchev–Trinajstić information content (AvgIpc) is 2.65. The van der Waals surface area contributed by atoms with Crippen LogP contribution in [0.1, 0.15) is 25.0 Å². The molecule has 0 saturated carbocycles. The van der Waals surface area contributed by atoms with Crippen molar-refractivity contribution in [3.63, 3.8) is 0 Å². The van der Waals surface area contributed by atoms with E-state index in [0.717, 1.165) is 0 Å². The van der Waals surface area contributed by atoms with Crippen molar-refractivity contribution in [2.75, 3.05) is 26.2 Å². The van der Waals surface area contributed by atoms with Gasteiger partial charge in [0.05, 0.1) is 22.1 Å². The van der Waals surface area contributed by atoms with Crippen LogP contribution in [-0.2, 0) is 27.2 Å². The zero-order chi connectivity index (χ0) is 23.1. The van der Waals surface area contributed by atoms with Gasteiger partial charge in [0, 0.05) is 26.2 Å². The van der Waals surface area contributed by atoms with Gasteiger partial charge in [-0.2, -0.15) is 35.9 Å². The van der Waals surface area contributed by atoms with Crippen molar-refractivity contribution >= 4 is 15.9 Å². The van der Waals surface area contributed by atoms with E-state index in [1.165, 1.54) is 18.7 Å². The van der Waals surface area contributed by atoms with E-state index in [1.807, 2.05) is 6.07 Å². The zero-order valence-corrected chi connectivity index (χ0v) is 16.6. The highest BCUT2D eigenvalue weighted by atomic mass is 32.2. The number of amides is 1. The minimum Gasteiger partial charge on any atom is -0.339 e. The van der Waals surface area contributed by atoms with Crippen molar-refractivity contribution < 1.29 is 39.6 Å². The predicted octanol–water partition coefficient (Wildman–Crippen LogP) is 3.11. The van der Waals surface area contributed by atoms with Crippen molar-refractivity contribution in [3.8, 4) is 6.07 Å². The van der Waals surface area contributed by atoms with Gasteiger partial charge in [-0.05, 0) is 32.0 Å². The maximum absolute atomic E-state index is 13.0. The molecule has 0 N–H and O–H groups in total. The highest BCUT2D eigenvalue weighted by molar-refractivity contribution is 7.89. The number of piperazine rings is 1. The maximum atomic E-state index is 13.0. The molecule has 2 rings (SSSR count). The quantitative estimate of drug-likeness (QED) is 0.654. The van der Waals surface area contributed by atoms with Crippen molar-refractivity contribution in [3.05, 3.63) is 29.3 Å². The summed E-state index contributed by atoms with van der Waals surface area (Å²) < 4.78 is 104. The Morgan fingerprint density at radius 2 is 1.37 bits per heavy atom. The van der Waals surface area contributed by atoms with Gasteiger partial charge < -0.3 is 4.90 Å². The second-order valence-electron chi connectivity index (χ2n) is 7.17. The molecule has 1 fully saturated rings. The fraction of sp³-hybridized carbons (Fsp3) is 0.529. The van der Waals surface area contributed by atoms with Crippen LogP contribution in [0.4, 0.5) is 26.3 Å². The molecule has 0 atom stereocenters. The molecule has 0 aliphatic carbocycles. The molecule has 30 heavy (non-hydrogen) atoms. The Balaban J connectivity index is 2.35. The lowest BCUT2D eigenvalue weighted by atomic mass is 9.93. The molecule has 1 aliphatic rings. The van der Waals surface area contributed by atoms with Crippen molar-refractivity contribution in [2.24, 2.45) is 5.41 Å². The number of nitrogens with zero attached hydrogens (tertiary/aromatic N) is 3. The van der Waals surface area contributed by atoms with E-state index in [9.17, 15) is 39.6 Å². The van der Waals surface area contributed by atoms with Gasteiger partial charge in [-0.25, -0.2) is 8.42 Å². The summed E-state index contributed by atoms with van der Waals surface area (Å²) in [5, 5.41) is 9.02. The van der Waals surface area contributed by atoms with E-state index in [0.29, 0.717) is 4.31 Å². The summed E-state index contributed by atoms with van der Waals surface area (Å²) in [5.74, 6) is -0.555. The summed E-state index contributed by atoms with van der Waals surface area (Å²) in [4.78, 5) is 12.4. The van der Waals surface area contributed by atoms with Gasteiger partial charge in [-0.3, -0.25) is 4.79 Å². The minimum absolute atomic E-state index is 0.153. The molecule has 0 spiro atoms. The van der Waals surface area contributed by atoms with Crippen LogP contribution in [0.5, 0.6) is 0 Å². The molecular formula is C17H17F6N3O3S. The first kappa shape index (κ1) is 23.9. The van der Waals surface area contributed by atoms with Crippen LogP contribution in [-0.4, -0.2) is 49.7 Å². The summed E-state index contributed by atoms with van der Waals surface area (Å²) in [6.07, 6.45) is -10.4. The summed E-state index contributed by atoms with van der Waals surface area (Å²) >= 11 is 0. The van der Waals surface area contributed by atoms with Gasteiger partial charge in [-0.15, -0.1) is 0 Å². The molecule has 0 aromatic heterocycles. The van der Waals surface area contributed by atoms with Gasteiger partial charge in [0.25, 0.3) is 0 Å². The maximum Gasteiger partial charge on any atom is 0.416 e. The smallest absolute Gasteiger partial charge is 0.339 e. The van der Waals surface area contributed by atoms with Gasteiger partial charge in [-0.1, -0.05) is 0 Å². The standard InChI is InChI=1S/C17H17F6N3O3S/c1-15(2,10-24)14(27)25-3-5-26(6-4-25)30(28,29)13-8-11(16(18,19)20)7-12(9-13)17(21,22)23/h7-9H,3-6H2,1-2H3. The molecule has 13 heteroatoms. The molecule has 1 aromatic carbocycles. The molecular weight excluding hydrogens is 440 g/mol. The van der Waals surface area contributed by atoms with Crippen LogP contribution in [0.2, 0.25) is 0 Å². The third kappa shape index (κ3) is 4.86. The molecule has 6 nitrogen and oxygen atoms in total. The molecule has 1 heterocycles. The van der Waals surface area contributed by atoms with Gasteiger partial charge >= 0.3 is 12.4 Å². The van der Waals surface area contributed by atoms with Crippen LogP contribution in [0.15, 0.2) is 23.1 Å². The van der Waals surface area contributed by atoms with Crippen LogP contribution in [0, 0.1) is 16.7 Å². The average molecular weight is 457 g/mol. The van der Waals surface area contributed by atoms with E-state index in [4.69, 9.17) is 5.26 Å². The highest BCUT2D eigenvalue weighted by Gasteiger charge is 2.40. The van der Waals surface area contributed by atoms with E-state index < -0.39 is 49.7 Å². The molecule has 1 aliphatic heterocycles. The fourth-order valence-corrected chi connectivity index (χ4v) is 4.29. The van der Waals surface area contributed by atoms with Crippen LogP contribution < -0.4 is 0 Å². The Kier molecular flexibility index (Phi) is 6.17. The number of alkyl halides is 6. The van der Waals surface area contributed by atoms with Crippen molar-refractivity contribution in [1.82, 2.24) is 9.21 Å². The normalized spacial score (nSPS) is 17.0. The number of rotatable bonds is 3. The van der Waals surface area contributed by atoms with Crippen molar-refractivity contribution in [1.29, 1.82) is 5.26 Å². The second kappa shape index (κ2) is 7.73. The zero-order valence-electron chi connectivity index (χ0n) is 15.8. The third-order valence-corrected chi connectivity index (χ3v) is 6.42. The Hall–Kier alpha value is -2.33. The molecule has 0 radical (unpaired) electrons. The first-order valence-electron chi connectivity index (χ1n) is 8.50.